The summed E-state index contributed by atoms with van der Waals surface area (Å²) in [5, 5.41) is 13.4. The van der Waals surface area contributed by atoms with E-state index in [4.69, 9.17) is 4.74 Å². The highest BCUT2D eigenvalue weighted by molar-refractivity contribution is 5.92. The molecule has 1 aromatic heterocycles. The number of anilines is 1. The van der Waals surface area contributed by atoms with Gasteiger partial charge < -0.3 is 15.4 Å². The molecule has 2 heterocycles. The van der Waals surface area contributed by atoms with Crippen molar-refractivity contribution < 1.29 is 9.53 Å². The van der Waals surface area contributed by atoms with Crippen LogP contribution in [0.3, 0.4) is 0 Å². The lowest BCUT2D eigenvalue weighted by molar-refractivity contribution is 0.112. The molecule has 19 heavy (non-hydrogen) atoms. The van der Waals surface area contributed by atoms with E-state index in [2.05, 4.69) is 20.8 Å². The summed E-state index contributed by atoms with van der Waals surface area (Å²) in [5.41, 5.74) is 1.64. The quantitative estimate of drug-likeness (QED) is 0.788. The first kappa shape index (κ1) is 12.0. The fourth-order valence-corrected chi connectivity index (χ4v) is 2.20. The first-order chi connectivity index (χ1) is 9.31. The average Bonchev–Trinajstić information content (AvgIpc) is 3.07. The largest absolute Gasteiger partial charge is 0.376 e. The molecule has 3 rings (SSSR count). The van der Waals surface area contributed by atoms with Gasteiger partial charge in [-0.25, -0.2) is 4.79 Å². The predicted octanol–water partition coefficient (Wildman–Crippen LogP) is 1.86. The van der Waals surface area contributed by atoms with Crippen molar-refractivity contribution in [1.82, 2.24) is 15.5 Å². The smallest absolute Gasteiger partial charge is 0.319 e. The van der Waals surface area contributed by atoms with Crippen LogP contribution in [0, 0.1) is 0 Å². The van der Waals surface area contributed by atoms with E-state index in [1.807, 2.05) is 18.2 Å². The standard InChI is InChI=1S/C13H16N4O2/c18-13(14-8-11-2-1-5-19-11)16-10-4-3-9-7-15-17-12(9)6-10/h3-4,6-7,11H,1-2,5,8H2,(H,15,17)(H2,14,16,18). The molecule has 3 N–H and O–H groups in total. The van der Waals surface area contributed by atoms with Crippen molar-refractivity contribution in [3.05, 3.63) is 24.4 Å². The van der Waals surface area contributed by atoms with Gasteiger partial charge in [0.2, 0.25) is 0 Å². The molecule has 1 aliphatic rings. The molecule has 2 aromatic rings. The van der Waals surface area contributed by atoms with Crippen molar-refractivity contribution in [2.45, 2.75) is 18.9 Å². The van der Waals surface area contributed by atoms with Crippen molar-refractivity contribution in [1.29, 1.82) is 0 Å². The number of aromatic nitrogens is 2. The summed E-state index contributed by atoms with van der Waals surface area (Å²) < 4.78 is 5.45. The molecule has 1 aliphatic heterocycles. The van der Waals surface area contributed by atoms with Crippen molar-refractivity contribution in [2.75, 3.05) is 18.5 Å². The summed E-state index contributed by atoms with van der Waals surface area (Å²) in [7, 11) is 0. The van der Waals surface area contributed by atoms with Gasteiger partial charge in [0.05, 0.1) is 17.8 Å². The Morgan fingerprint density at radius 1 is 1.53 bits per heavy atom. The molecule has 100 valence electrons. The molecule has 1 aromatic carbocycles. The van der Waals surface area contributed by atoms with E-state index < -0.39 is 0 Å². The number of fused-ring (bicyclic) bond motifs is 1. The van der Waals surface area contributed by atoms with Crippen LogP contribution in [-0.2, 0) is 4.74 Å². The maximum absolute atomic E-state index is 11.7. The Balaban J connectivity index is 1.55. The Hall–Kier alpha value is -2.08. The lowest BCUT2D eigenvalue weighted by Crippen LogP contribution is -2.34. The Morgan fingerprint density at radius 3 is 3.32 bits per heavy atom. The van der Waals surface area contributed by atoms with Crippen LogP contribution in [0.25, 0.3) is 10.9 Å². The first-order valence-electron chi connectivity index (χ1n) is 6.41. The minimum atomic E-state index is -0.214. The summed E-state index contributed by atoms with van der Waals surface area (Å²) >= 11 is 0. The van der Waals surface area contributed by atoms with Gasteiger partial charge in [-0.15, -0.1) is 0 Å². The number of ether oxygens (including phenoxy) is 1. The van der Waals surface area contributed by atoms with Gasteiger partial charge in [-0.1, -0.05) is 0 Å². The molecule has 2 amide bonds. The second kappa shape index (κ2) is 5.27. The lowest BCUT2D eigenvalue weighted by atomic mass is 10.2. The molecule has 1 fully saturated rings. The van der Waals surface area contributed by atoms with Crippen LogP contribution in [0.5, 0.6) is 0 Å². The van der Waals surface area contributed by atoms with Crippen LogP contribution in [0.15, 0.2) is 24.4 Å². The SMILES string of the molecule is O=C(NCC1CCCO1)Nc1ccc2cn[nH]c2c1. The maximum atomic E-state index is 11.7. The Kier molecular flexibility index (Phi) is 3.33. The predicted molar refractivity (Wildman–Crippen MR) is 72.1 cm³/mol. The number of rotatable bonds is 3. The third-order valence-electron chi connectivity index (χ3n) is 3.21. The Bertz CT molecular complexity index is 575. The molecule has 0 bridgehead atoms. The number of amides is 2. The number of nitrogens with one attached hydrogen (secondary N) is 3. The second-order valence-corrected chi connectivity index (χ2v) is 4.64. The van der Waals surface area contributed by atoms with Crippen LogP contribution in [0.2, 0.25) is 0 Å². The van der Waals surface area contributed by atoms with Gasteiger partial charge in [0.1, 0.15) is 0 Å². The van der Waals surface area contributed by atoms with Crippen LogP contribution in [0.4, 0.5) is 10.5 Å². The van der Waals surface area contributed by atoms with E-state index in [9.17, 15) is 4.79 Å². The van der Waals surface area contributed by atoms with Crippen LogP contribution < -0.4 is 10.6 Å². The summed E-state index contributed by atoms with van der Waals surface area (Å²) in [6, 6.07) is 5.40. The van der Waals surface area contributed by atoms with Crippen molar-refractivity contribution in [3.63, 3.8) is 0 Å². The lowest BCUT2D eigenvalue weighted by Gasteiger charge is -2.11. The van der Waals surface area contributed by atoms with Crippen LogP contribution in [0.1, 0.15) is 12.8 Å². The number of hydrogen-bond acceptors (Lipinski definition) is 3. The Morgan fingerprint density at radius 2 is 2.47 bits per heavy atom. The van der Waals surface area contributed by atoms with E-state index in [0.29, 0.717) is 6.54 Å². The molecule has 1 atom stereocenters. The van der Waals surface area contributed by atoms with Gasteiger partial charge in [-0.3, -0.25) is 5.10 Å². The zero-order valence-electron chi connectivity index (χ0n) is 10.5. The number of carbonyl (C=O) groups excluding carboxylic acids is 1. The van der Waals surface area contributed by atoms with Gasteiger partial charge in [-0.2, -0.15) is 5.10 Å². The number of urea groups is 1. The average molecular weight is 260 g/mol. The number of nitrogens with zero attached hydrogens (tertiary/aromatic N) is 1. The first-order valence-corrected chi connectivity index (χ1v) is 6.41. The fraction of sp³-hybridized carbons (Fsp3) is 0.385. The summed E-state index contributed by atoms with van der Waals surface area (Å²) in [5.74, 6) is 0. The van der Waals surface area contributed by atoms with Gasteiger partial charge in [0, 0.05) is 24.2 Å². The molecule has 1 saturated heterocycles. The van der Waals surface area contributed by atoms with E-state index in [1.54, 1.807) is 6.20 Å². The minimum Gasteiger partial charge on any atom is -0.376 e. The van der Waals surface area contributed by atoms with E-state index in [1.165, 1.54) is 0 Å². The zero-order valence-corrected chi connectivity index (χ0v) is 10.5. The highest BCUT2D eigenvalue weighted by atomic mass is 16.5. The Labute approximate surface area is 110 Å². The molecule has 6 heteroatoms. The number of carbonyl (C=O) groups is 1. The minimum absolute atomic E-state index is 0.154. The molecule has 0 saturated carbocycles. The second-order valence-electron chi connectivity index (χ2n) is 4.64. The van der Waals surface area contributed by atoms with E-state index in [-0.39, 0.29) is 12.1 Å². The molecule has 0 spiro atoms. The normalized spacial score (nSPS) is 18.6. The topological polar surface area (TPSA) is 79.0 Å². The molecule has 0 radical (unpaired) electrons. The highest BCUT2D eigenvalue weighted by Gasteiger charge is 2.16. The summed E-state index contributed by atoms with van der Waals surface area (Å²) in [6.07, 6.45) is 3.99. The third-order valence-corrected chi connectivity index (χ3v) is 3.21. The highest BCUT2D eigenvalue weighted by Crippen LogP contribution is 2.16. The van der Waals surface area contributed by atoms with E-state index in [0.717, 1.165) is 36.0 Å². The molecular formula is C13H16N4O2. The molecule has 0 aliphatic carbocycles. The van der Waals surface area contributed by atoms with Crippen molar-refractivity contribution in [3.8, 4) is 0 Å². The summed E-state index contributed by atoms with van der Waals surface area (Å²) in [6.45, 7) is 1.35. The van der Waals surface area contributed by atoms with Crippen LogP contribution >= 0.6 is 0 Å². The van der Waals surface area contributed by atoms with Gasteiger partial charge in [0.25, 0.3) is 0 Å². The van der Waals surface area contributed by atoms with E-state index >= 15 is 0 Å². The number of H-pyrrole nitrogens is 1. The molecule has 6 nitrogen and oxygen atoms in total. The number of hydrogen-bond donors (Lipinski definition) is 3. The zero-order chi connectivity index (χ0) is 13.1. The third kappa shape index (κ3) is 2.85. The number of benzene rings is 1. The van der Waals surface area contributed by atoms with Gasteiger partial charge in [-0.05, 0) is 31.0 Å². The van der Waals surface area contributed by atoms with Gasteiger partial charge in [0.15, 0.2) is 0 Å². The monoisotopic (exact) mass is 260 g/mol. The van der Waals surface area contributed by atoms with Crippen LogP contribution in [-0.4, -0.2) is 35.5 Å². The van der Waals surface area contributed by atoms with Crippen molar-refractivity contribution in [2.24, 2.45) is 0 Å². The maximum Gasteiger partial charge on any atom is 0.319 e. The molecule has 1 unspecified atom stereocenters. The molecular weight excluding hydrogens is 244 g/mol. The number of aromatic amines is 1. The van der Waals surface area contributed by atoms with Crippen molar-refractivity contribution >= 4 is 22.6 Å². The fourth-order valence-electron chi connectivity index (χ4n) is 2.20. The summed E-state index contributed by atoms with van der Waals surface area (Å²) in [4.78, 5) is 11.7. The van der Waals surface area contributed by atoms with Gasteiger partial charge >= 0.3 is 6.03 Å².